The number of rotatable bonds is 30. The summed E-state index contributed by atoms with van der Waals surface area (Å²) in [5.74, 6) is -10.0. The van der Waals surface area contributed by atoms with Crippen molar-refractivity contribution in [3.05, 3.63) is 0 Å². The number of carbonyl (C=O) groups excluding carboxylic acids is 7. The first-order chi connectivity index (χ1) is 29.2. The van der Waals surface area contributed by atoms with E-state index in [-0.39, 0.29) is 62.4 Å². The van der Waals surface area contributed by atoms with Crippen LogP contribution < -0.4 is 54.4 Å². The maximum Gasteiger partial charge on any atom is 0.326 e. The molecule has 0 bridgehead atoms. The van der Waals surface area contributed by atoms with Gasteiger partial charge in [0, 0.05) is 6.54 Å². The Kier molecular flexibility index (Phi) is 26.4. The first-order valence-corrected chi connectivity index (χ1v) is 21.2. The summed E-state index contributed by atoms with van der Waals surface area (Å²) in [6.45, 7) is 14.8. The Balaban J connectivity index is 6.56. The Morgan fingerprint density at radius 1 is 0.587 bits per heavy atom. The summed E-state index contributed by atoms with van der Waals surface area (Å²) < 4.78 is 0. The van der Waals surface area contributed by atoms with Crippen LogP contribution in [0.1, 0.15) is 107 Å². The third-order valence-corrected chi connectivity index (χ3v) is 9.65. The Labute approximate surface area is 369 Å². The minimum absolute atomic E-state index is 0.00862. The fraction of sp³-hybridized carbons (Fsp3) is 0.750. The number of aliphatic hydroxyl groups is 1. The van der Waals surface area contributed by atoms with Gasteiger partial charge in [-0.1, -0.05) is 61.8 Å². The molecule has 23 nitrogen and oxygen atoms in total. The average Bonchev–Trinajstić information content (AvgIpc) is 3.17. The highest BCUT2D eigenvalue weighted by Gasteiger charge is 2.36. The van der Waals surface area contributed by atoms with Crippen LogP contribution in [0.5, 0.6) is 0 Å². The van der Waals surface area contributed by atoms with E-state index < -0.39 is 121 Å². The Morgan fingerprint density at radius 3 is 1.49 bits per heavy atom. The number of aliphatic imine (C=N–C) groups is 1. The molecule has 0 aromatic rings. The molecule has 9 atom stereocenters. The van der Waals surface area contributed by atoms with Crippen molar-refractivity contribution in [1.82, 2.24) is 37.2 Å². The van der Waals surface area contributed by atoms with E-state index in [1.54, 1.807) is 55.4 Å². The highest BCUT2D eigenvalue weighted by molar-refractivity contribution is 5.98. The SMILES string of the molecule is CC[C@H](C)[C@H](NC(=O)[C@H](CCCN=C(N)N)NC(=O)[C@H](CC(=O)O)NC(=O)[C@H](CC(C)C)NC(=O)CNC(=O)[C@@H](N)[C@@H](C)O)C(=O)N[C@@H](CC(C)C)C(=O)N[C@@H](CC(C)C)C(=O)O. The van der Waals surface area contributed by atoms with Crippen LogP contribution in [0.15, 0.2) is 4.99 Å². The zero-order valence-electron chi connectivity index (χ0n) is 38.0. The number of nitrogens with one attached hydrogen (secondary N) is 7. The van der Waals surface area contributed by atoms with Crippen molar-refractivity contribution in [2.75, 3.05) is 13.1 Å². The van der Waals surface area contributed by atoms with Crippen LogP contribution >= 0.6 is 0 Å². The van der Waals surface area contributed by atoms with E-state index in [2.05, 4.69) is 42.2 Å². The topological polar surface area (TPSA) is 389 Å². The van der Waals surface area contributed by atoms with Gasteiger partial charge in [0.2, 0.25) is 41.4 Å². The first-order valence-electron chi connectivity index (χ1n) is 21.2. The second-order valence-corrected chi connectivity index (χ2v) is 17.0. The number of carbonyl (C=O) groups is 9. The van der Waals surface area contributed by atoms with E-state index in [4.69, 9.17) is 17.2 Å². The summed E-state index contributed by atoms with van der Waals surface area (Å²) >= 11 is 0. The van der Waals surface area contributed by atoms with E-state index >= 15 is 0 Å². The lowest BCUT2D eigenvalue weighted by atomic mass is 9.95. The molecule has 0 rings (SSSR count). The molecule has 0 radical (unpaired) electrons. The quantitative estimate of drug-likeness (QED) is 0.0202. The van der Waals surface area contributed by atoms with Gasteiger partial charge < -0.3 is 69.7 Å². The zero-order chi connectivity index (χ0) is 48.7. The van der Waals surface area contributed by atoms with Crippen molar-refractivity contribution in [2.24, 2.45) is 45.9 Å². The van der Waals surface area contributed by atoms with Crippen LogP contribution in [0.3, 0.4) is 0 Å². The number of hydrogen-bond donors (Lipinski definition) is 13. The normalized spacial score (nSPS) is 15.5. The lowest BCUT2D eigenvalue weighted by molar-refractivity contribution is -0.143. The molecule has 16 N–H and O–H groups in total. The molecule has 360 valence electrons. The van der Waals surface area contributed by atoms with Gasteiger partial charge in [0.1, 0.15) is 42.3 Å². The molecule has 0 aliphatic rings. The van der Waals surface area contributed by atoms with Crippen LogP contribution in [0, 0.1) is 23.7 Å². The standard InChI is InChI=1S/C40H73N11O12/c1-10-22(8)32(38(61)49-26(15-20(4)5)35(58)50-28(39(62)63)16-21(6)7)51-33(56)24(12-11-13-44-40(42)43)47-36(59)27(17-30(54)55)48-34(57)25(14-19(2)3)46-29(53)18-45-37(60)31(41)23(9)52/h19-28,31-32,52H,10-18,41H2,1-9H3,(H,45,60)(H,46,53)(H,47,59)(H,48,57)(H,49,61)(H,50,58)(H,51,56)(H,54,55)(H,62,63)(H4,42,43,44)/t22-,23+,24-,25-,26-,27-,28-,31-,32-/m0/s1. The zero-order valence-corrected chi connectivity index (χ0v) is 38.0. The Morgan fingerprint density at radius 2 is 1.03 bits per heavy atom. The second-order valence-electron chi connectivity index (χ2n) is 17.0. The molecule has 0 saturated carbocycles. The molecule has 0 aliphatic heterocycles. The van der Waals surface area contributed by atoms with Gasteiger partial charge in [-0.3, -0.25) is 43.3 Å². The van der Waals surface area contributed by atoms with E-state index in [1.165, 1.54) is 6.92 Å². The molecule has 0 aliphatic carbocycles. The molecular weight excluding hydrogens is 827 g/mol. The first kappa shape index (κ1) is 57.4. The smallest absolute Gasteiger partial charge is 0.326 e. The van der Waals surface area contributed by atoms with Crippen molar-refractivity contribution < 1.29 is 58.5 Å². The molecule has 63 heavy (non-hydrogen) atoms. The number of amides is 7. The molecule has 0 aromatic carbocycles. The van der Waals surface area contributed by atoms with Crippen LogP contribution in [0.25, 0.3) is 0 Å². The molecule has 0 unspecified atom stereocenters. The molecular formula is C40H73N11O12. The lowest BCUT2D eigenvalue weighted by Crippen LogP contribution is -2.61. The summed E-state index contributed by atoms with van der Waals surface area (Å²) in [7, 11) is 0. The van der Waals surface area contributed by atoms with Crippen LogP contribution in [-0.4, -0.2) is 136 Å². The van der Waals surface area contributed by atoms with Gasteiger partial charge in [-0.15, -0.1) is 0 Å². The average molecular weight is 900 g/mol. The van der Waals surface area contributed by atoms with Gasteiger partial charge in [-0.05, 0) is 62.7 Å². The number of nitrogens with zero attached hydrogens (tertiary/aromatic N) is 1. The molecule has 0 heterocycles. The summed E-state index contributed by atoms with van der Waals surface area (Å²) in [5.41, 5.74) is 16.5. The van der Waals surface area contributed by atoms with Crippen molar-refractivity contribution in [1.29, 1.82) is 0 Å². The molecule has 0 aromatic heterocycles. The summed E-state index contributed by atoms with van der Waals surface area (Å²) in [5, 5.41) is 46.2. The maximum absolute atomic E-state index is 14.0. The summed E-state index contributed by atoms with van der Waals surface area (Å²) in [6.07, 6.45) is -1.55. The van der Waals surface area contributed by atoms with E-state index in [0.717, 1.165) is 0 Å². The van der Waals surface area contributed by atoms with Crippen LogP contribution in [0.2, 0.25) is 0 Å². The highest BCUT2D eigenvalue weighted by Crippen LogP contribution is 2.14. The number of carboxylic acid groups (broad SMARTS) is 2. The van der Waals surface area contributed by atoms with Crippen LogP contribution in [0.4, 0.5) is 0 Å². The van der Waals surface area contributed by atoms with Crippen molar-refractivity contribution >= 4 is 59.2 Å². The number of aliphatic carboxylic acids is 2. The third kappa shape index (κ3) is 23.4. The Hall–Kier alpha value is -5.58. The van der Waals surface area contributed by atoms with E-state index in [9.17, 15) is 58.5 Å². The largest absolute Gasteiger partial charge is 0.481 e. The van der Waals surface area contributed by atoms with Crippen molar-refractivity contribution in [3.63, 3.8) is 0 Å². The Bertz CT molecular complexity index is 1590. The molecule has 23 heteroatoms. The van der Waals surface area contributed by atoms with Crippen molar-refractivity contribution in [3.8, 4) is 0 Å². The fourth-order valence-electron chi connectivity index (χ4n) is 6.04. The predicted octanol–water partition coefficient (Wildman–Crippen LogP) is -2.48. The van der Waals surface area contributed by atoms with Crippen LogP contribution in [-0.2, 0) is 43.2 Å². The number of nitrogens with two attached hydrogens (primary N) is 3. The maximum atomic E-state index is 14.0. The van der Waals surface area contributed by atoms with Gasteiger partial charge in [-0.2, -0.15) is 0 Å². The minimum Gasteiger partial charge on any atom is -0.481 e. The second kappa shape index (κ2) is 28.9. The predicted molar refractivity (Wildman–Crippen MR) is 232 cm³/mol. The van der Waals surface area contributed by atoms with E-state index in [1.807, 2.05) is 0 Å². The summed E-state index contributed by atoms with van der Waals surface area (Å²) in [4.78, 5) is 121. The molecule has 0 fully saturated rings. The number of aliphatic hydroxyl groups excluding tert-OH is 1. The van der Waals surface area contributed by atoms with Gasteiger partial charge >= 0.3 is 11.9 Å². The number of guanidine groups is 1. The molecule has 0 spiro atoms. The van der Waals surface area contributed by atoms with Gasteiger partial charge in [0.25, 0.3) is 0 Å². The number of carboxylic acids is 2. The summed E-state index contributed by atoms with van der Waals surface area (Å²) in [6, 6.07) is -9.56. The third-order valence-electron chi connectivity index (χ3n) is 9.65. The molecule has 7 amide bonds. The lowest BCUT2D eigenvalue weighted by Gasteiger charge is -2.30. The monoisotopic (exact) mass is 900 g/mol. The van der Waals surface area contributed by atoms with Gasteiger partial charge in [-0.25, -0.2) is 4.79 Å². The highest BCUT2D eigenvalue weighted by atomic mass is 16.4. The van der Waals surface area contributed by atoms with Gasteiger partial charge in [0.05, 0.1) is 19.1 Å². The van der Waals surface area contributed by atoms with E-state index in [0.29, 0.717) is 6.42 Å². The minimum atomic E-state index is -1.78. The van der Waals surface area contributed by atoms with Crippen molar-refractivity contribution in [2.45, 2.75) is 156 Å². The number of hydrogen-bond acceptors (Lipinski definition) is 12. The molecule has 0 saturated heterocycles. The fourth-order valence-corrected chi connectivity index (χ4v) is 6.04. The van der Waals surface area contributed by atoms with Gasteiger partial charge in [0.15, 0.2) is 5.96 Å².